The number of aromatic amines is 1. The number of rotatable bonds is 6. The minimum Gasteiger partial charge on any atom is -0.378 e. The maximum absolute atomic E-state index is 5.85. The van der Waals surface area contributed by atoms with Crippen LogP contribution in [0.2, 0.25) is 0 Å². The van der Waals surface area contributed by atoms with E-state index in [0.29, 0.717) is 0 Å². The molecule has 2 aromatic carbocycles. The first kappa shape index (κ1) is 27.0. The average Bonchev–Trinajstić information content (AvgIpc) is 3.41. The van der Waals surface area contributed by atoms with Gasteiger partial charge in [-0.15, -0.1) is 0 Å². The van der Waals surface area contributed by atoms with Crippen molar-refractivity contribution in [3.63, 3.8) is 0 Å². The smallest absolute Gasteiger partial charge is 0.157 e. The maximum atomic E-state index is 5.85. The minimum atomic E-state index is 0.0820. The molecule has 43 heavy (non-hydrogen) atoms. The number of hydrogen-bond acceptors (Lipinski definition) is 7. The predicted molar refractivity (Wildman–Crippen MR) is 173 cm³/mol. The lowest BCUT2D eigenvalue weighted by atomic mass is 9.74. The van der Waals surface area contributed by atoms with Gasteiger partial charge in [-0.1, -0.05) is 13.0 Å². The number of nitrogens with one attached hydrogen (secondary N) is 3. The first-order valence-corrected chi connectivity index (χ1v) is 14.8. The number of pyridine rings is 3. The first-order valence-electron chi connectivity index (χ1n) is 14.8. The number of fused-ring (bicyclic) bond motifs is 2. The molecular formula is C35H35N7O. The van der Waals surface area contributed by atoms with E-state index in [1.54, 1.807) is 6.20 Å². The molecule has 216 valence electrons. The zero-order chi connectivity index (χ0) is 29.6. The number of H-pyrrole nitrogens is 1. The van der Waals surface area contributed by atoms with Gasteiger partial charge in [0.1, 0.15) is 5.69 Å². The summed E-state index contributed by atoms with van der Waals surface area (Å²) in [6, 6.07) is 22.9. The topological polar surface area (TPSA) is 101 Å². The van der Waals surface area contributed by atoms with Crippen LogP contribution < -0.4 is 10.6 Å². The Kier molecular flexibility index (Phi) is 6.78. The molecule has 3 N–H and O–H groups in total. The summed E-state index contributed by atoms with van der Waals surface area (Å²) < 4.78 is 5.85. The summed E-state index contributed by atoms with van der Waals surface area (Å²) in [6.07, 6.45) is 5.94. The van der Waals surface area contributed by atoms with Crippen LogP contribution in [0.3, 0.4) is 0 Å². The number of anilines is 4. The first-order chi connectivity index (χ1) is 20.8. The van der Waals surface area contributed by atoms with Gasteiger partial charge in [-0.2, -0.15) is 0 Å². The molecule has 2 atom stereocenters. The van der Waals surface area contributed by atoms with Crippen LogP contribution in [0.25, 0.3) is 33.5 Å². The minimum absolute atomic E-state index is 0.0820. The second-order valence-corrected chi connectivity index (χ2v) is 11.9. The molecule has 0 radical (unpaired) electrons. The third-order valence-corrected chi connectivity index (χ3v) is 8.38. The molecule has 8 nitrogen and oxygen atoms in total. The lowest BCUT2D eigenvalue weighted by Gasteiger charge is -2.37. The number of imidazole rings is 1. The van der Waals surface area contributed by atoms with Gasteiger partial charge in [-0.3, -0.25) is 15.0 Å². The molecule has 1 aliphatic rings. The molecule has 6 aromatic rings. The van der Waals surface area contributed by atoms with Crippen LogP contribution in [-0.4, -0.2) is 37.6 Å². The molecule has 8 heteroatoms. The number of ether oxygens (including phenoxy) is 1. The summed E-state index contributed by atoms with van der Waals surface area (Å²) in [4.78, 5) is 22.0. The second-order valence-electron chi connectivity index (χ2n) is 11.9. The molecule has 0 saturated carbocycles. The lowest BCUT2D eigenvalue weighted by molar-refractivity contribution is -0.00550. The van der Waals surface area contributed by atoms with Gasteiger partial charge >= 0.3 is 0 Å². The van der Waals surface area contributed by atoms with Crippen molar-refractivity contribution in [3.8, 4) is 11.5 Å². The fourth-order valence-corrected chi connectivity index (χ4v) is 6.14. The third kappa shape index (κ3) is 5.53. The van der Waals surface area contributed by atoms with Crippen molar-refractivity contribution in [3.05, 3.63) is 96.1 Å². The monoisotopic (exact) mass is 569 g/mol. The van der Waals surface area contributed by atoms with E-state index in [9.17, 15) is 0 Å². The van der Waals surface area contributed by atoms with E-state index in [-0.39, 0.29) is 11.5 Å². The van der Waals surface area contributed by atoms with Crippen molar-refractivity contribution >= 4 is 44.7 Å². The summed E-state index contributed by atoms with van der Waals surface area (Å²) in [5.74, 6) is 0.729. The fraction of sp³-hybridized carbons (Fsp3) is 0.257. The summed E-state index contributed by atoms with van der Waals surface area (Å²) >= 11 is 0. The highest BCUT2D eigenvalue weighted by Gasteiger charge is 2.33. The van der Waals surface area contributed by atoms with Crippen LogP contribution in [-0.2, 0) is 10.2 Å². The van der Waals surface area contributed by atoms with Gasteiger partial charge in [0.25, 0.3) is 0 Å². The van der Waals surface area contributed by atoms with E-state index in [2.05, 4.69) is 64.8 Å². The number of aromatic nitrogens is 5. The van der Waals surface area contributed by atoms with Gasteiger partial charge in [-0.05, 0) is 105 Å². The summed E-state index contributed by atoms with van der Waals surface area (Å²) in [6.45, 7) is 9.31. The molecule has 7 rings (SSSR count). The Bertz CT molecular complexity index is 1950. The largest absolute Gasteiger partial charge is 0.378 e. The van der Waals surface area contributed by atoms with E-state index in [0.717, 1.165) is 87.0 Å². The van der Waals surface area contributed by atoms with Crippen LogP contribution in [0.1, 0.15) is 43.6 Å². The van der Waals surface area contributed by atoms with Gasteiger partial charge in [0, 0.05) is 46.6 Å². The molecule has 1 saturated heterocycles. The molecule has 4 aromatic heterocycles. The average molecular weight is 570 g/mol. The Balaban J connectivity index is 1.14. The number of aryl methyl sites for hydroxylation is 2. The van der Waals surface area contributed by atoms with Gasteiger partial charge in [0.05, 0.1) is 34.5 Å². The van der Waals surface area contributed by atoms with Crippen LogP contribution in [0, 0.1) is 13.8 Å². The summed E-state index contributed by atoms with van der Waals surface area (Å²) in [7, 11) is 0. The highest BCUT2D eigenvalue weighted by molar-refractivity contribution is 5.94. The van der Waals surface area contributed by atoms with Crippen molar-refractivity contribution in [2.24, 2.45) is 0 Å². The van der Waals surface area contributed by atoms with Crippen LogP contribution in [0.5, 0.6) is 0 Å². The maximum Gasteiger partial charge on any atom is 0.157 e. The van der Waals surface area contributed by atoms with E-state index in [1.807, 2.05) is 56.4 Å². The number of benzene rings is 2. The van der Waals surface area contributed by atoms with Gasteiger partial charge in [-0.25, -0.2) is 4.98 Å². The summed E-state index contributed by atoms with van der Waals surface area (Å²) in [5, 5.41) is 8.15. The Labute approximate surface area is 251 Å². The van der Waals surface area contributed by atoms with E-state index in [4.69, 9.17) is 19.7 Å². The predicted octanol–water partition coefficient (Wildman–Crippen LogP) is 8.13. The molecule has 0 unspecified atom stereocenters. The molecule has 0 spiro atoms. The third-order valence-electron chi connectivity index (χ3n) is 8.38. The number of nitrogens with zero attached hydrogens (tertiary/aromatic N) is 4. The molecule has 1 fully saturated rings. The zero-order valence-electron chi connectivity index (χ0n) is 24.9. The lowest BCUT2D eigenvalue weighted by Crippen LogP contribution is -2.35. The number of hydrogen-bond donors (Lipinski definition) is 3. The molecule has 5 heterocycles. The fourth-order valence-electron chi connectivity index (χ4n) is 6.14. The van der Waals surface area contributed by atoms with E-state index >= 15 is 0 Å². The van der Waals surface area contributed by atoms with Crippen molar-refractivity contribution < 1.29 is 4.74 Å². The molecule has 0 amide bonds. The summed E-state index contributed by atoms with van der Waals surface area (Å²) in [5.41, 5.74) is 10.8. The Morgan fingerprint density at radius 1 is 0.837 bits per heavy atom. The van der Waals surface area contributed by atoms with Crippen LogP contribution in [0.15, 0.2) is 79.1 Å². The Hall–Kier alpha value is -4.82. The van der Waals surface area contributed by atoms with Gasteiger partial charge < -0.3 is 20.4 Å². The van der Waals surface area contributed by atoms with Gasteiger partial charge in [0.15, 0.2) is 5.82 Å². The van der Waals surface area contributed by atoms with E-state index in [1.165, 1.54) is 5.56 Å². The van der Waals surface area contributed by atoms with E-state index < -0.39 is 0 Å². The van der Waals surface area contributed by atoms with Crippen molar-refractivity contribution in [2.75, 3.05) is 17.2 Å². The zero-order valence-corrected chi connectivity index (χ0v) is 24.9. The molecule has 1 aliphatic heterocycles. The quantitative estimate of drug-likeness (QED) is 0.186. The second kappa shape index (κ2) is 10.8. The van der Waals surface area contributed by atoms with Crippen molar-refractivity contribution in [2.45, 2.75) is 52.1 Å². The van der Waals surface area contributed by atoms with Crippen molar-refractivity contribution in [1.82, 2.24) is 24.9 Å². The van der Waals surface area contributed by atoms with Crippen LogP contribution >= 0.6 is 0 Å². The highest BCUT2D eigenvalue weighted by atomic mass is 16.5. The van der Waals surface area contributed by atoms with Gasteiger partial charge in [0.2, 0.25) is 0 Å². The normalized spacial score (nSPS) is 18.7. The Morgan fingerprint density at radius 3 is 2.49 bits per heavy atom. The van der Waals surface area contributed by atoms with Crippen LogP contribution in [0.4, 0.5) is 22.7 Å². The Morgan fingerprint density at radius 2 is 1.67 bits per heavy atom. The molecular weight excluding hydrogens is 534 g/mol. The highest BCUT2D eigenvalue weighted by Crippen LogP contribution is 2.39. The SMILES string of the molecule is Cc1cc(Nc2ccc3nc(-c4ccc(Nc5cc(C)nc6ccc([C@@]7(C)CCO[C@@H](C)C7)cc56)cn4)[nH]c3c2)ccn1. The molecule has 0 bridgehead atoms. The van der Waals surface area contributed by atoms with Crippen molar-refractivity contribution in [1.29, 1.82) is 0 Å². The standard InChI is InChI=1S/C35H35N7O/c1-21-15-26(11-13-36-21)39-25-6-9-30-33(18-25)42-34(41-30)31-10-7-27(20-37-31)40-32-16-22(2)38-29-8-5-24(17-28(29)32)35(4)12-14-43-23(3)19-35/h5-11,13,15-18,20,23H,12,14,19H2,1-4H3,(H,36,39)(H,38,40)(H,41,42)/t23-,35-/m0/s1. The molecule has 0 aliphatic carbocycles.